The molecule has 0 heterocycles. The van der Waals surface area contributed by atoms with Crippen molar-refractivity contribution in [3.05, 3.63) is 125 Å². The molecule has 0 amide bonds. The molecule has 0 unspecified atom stereocenters. The number of hydrogen-bond acceptors (Lipinski definition) is 1. The van der Waals surface area contributed by atoms with E-state index in [0.29, 0.717) is 18.1 Å². The van der Waals surface area contributed by atoms with E-state index in [0.717, 1.165) is 56.2 Å². The van der Waals surface area contributed by atoms with Crippen LogP contribution < -0.4 is 4.74 Å². The number of benzene rings is 4. The molecule has 0 atom stereocenters. The molecule has 236 valence electrons. The van der Waals surface area contributed by atoms with Gasteiger partial charge in [-0.15, -0.1) is 6.58 Å². The van der Waals surface area contributed by atoms with Gasteiger partial charge in [-0.2, -0.15) is 8.78 Å². The Morgan fingerprint density at radius 3 is 1.80 bits per heavy atom. The maximum atomic E-state index is 15.2. The van der Waals surface area contributed by atoms with Gasteiger partial charge in [0.25, 0.3) is 0 Å². The fourth-order valence-corrected chi connectivity index (χ4v) is 5.87. The van der Waals surface area contributed by atoms with E-state index in [1.54, 1.807) is 12.1 Å². The van der Waals surface area contributed by atoms with Gasteiger partial charge in [-0.1, -0.05) is 30.3 Å². The third kappa shape index (κ3) is 6.89. The van der Waals surface area contributed by atoms with Crippen LogP contribution in [0.1, 0.15) is 55.6 Å². The molecule has 0 bridgehead atoms. The van der Waals surface area contributed by atoms with Crippen LogP contribution in [0.3, 0.4) is 0 Å². The summed E-state index contributed by atoms with van der Waals surface area (Å²) in [5, 5.41) is 0. The van der Waals surface area contributed by atoms with E-state index in [9.17, 15) is 30.7 Å². The third-order valence-electron chi connectivity index (χ3n) is 8.22. The number of halogens is 9. The molecule has 0 aliphatic heterocycles. The first-order valence-electron chi connectivity index (χ1n) is 14.3. The van der Waals surface area contributed by atoms with E-state index in [-0.39, 0.29) is 34.7 Å². The van der Waals surface area contributed by atoms with Gasteiger partial charge in [0.2, 0.25) is 0 Å². The molecule has 5 rings (SSSR count). The Kier molecular flexibility index (Phi) is 9.32. The van der Waals surface area contributed by atoms with Gasteiger partial charge in [0.1, 0.15) is 34.6 Å². The van der Waals surface area contributed by atoms with Gasteiger partial charge in [-0.3, -0.25) is 0 Å². The summed E-state index contributed by atoms with van der Waals surface area (Å²) < 4.78 is 133. The Bertz CT molecular complexity index is 1680. The molecule has 0 spiro atoms. The Morgan fingerprint density at radius 1 is 0.667 bits per heavy atom. The van der Waals surface area contributed by atoms with Crippen molar-refractivity contribution < 1.29 is 44.3 Å². The van der Waals surface area contributed by atoms with Gasteiger partial charge in [-0.25, -0.2) is 30.7 Å². The summed E-state index contributed by atoms with van der Waals surface area (Å²) in [7, 11) is 0. The van der Waals surface area contributed by atoms with Gasteiger partial charge in [0.05, 0.1) is 0 Å². The maximum absolute atomic E-state index is 15.2. The molecular formula is C35H27F9O. The van der Waals surface area contributed by atoms with Gasteiger partial charge >= 0.3 is 6.11 Å². The zero-order valence-electron chi connectivity index (χ0n) is 23.8. The van der Waals surface area contributed by atoms with E-state index in [2.05, 4.69) is 11.3 Å². The molecule has 10 heteroatoms. The molecule has 1 aliphatic rings. The number of ether oxygens (including phenoxy) is 1. The van der Waals surface area contributed by atoms with Crippen molar-refractivity contribution in [3.63, 3.8) is 0 Å². The minimum Gasteiger partial charge on any atom is -0.429 e. The smallest absolute Gasteiger partial charge is 0.429 e. The molecule has 1 aliphatic carbocycles. The first-order chi connectivity index (χ1) is 21.4. The second-order valence-corrected chi connectivity index (χ2v) is 11.2. The standard InChI is InChI=1S/C35H27F9O/c1-2-3-4-19-5-7-20(8-6-19)21-9-11-25(27(36)13-21)22-10-12-26(28(37)14-22)23-15-29(38)33(30(39)16-23)35(43,44)45-24-17-31(40)34(42)32(41)18-24/h2,9-20H,1,3-8H2. The summed E-state index contributed by atoms with van der Waals surface area (Å²) in [6.07, 6.45) is 3.17. The van der Waals surface area contributed by atoms with Crippen LogP contribution in [0.4, 0.5) is 39.5 Å². The van der Waals surface area contributed by atoms with Crippen LogP contribution >= 0.6 is 0 Å². The van der Waals surface area contributed by atoms with Crippen LogP contribution in [0.2, 0.25) is 0 Å². The fourth-order valence-electron chi connectivity index (χ4n) is 5.87. The molecule has 1 fully saturated rings. The summed E-state index contributed by atoms with van der Waals surface area (Å²) in [4.78, 5) is 0. The van der Waals surface area contributed by atoms with Crippen molar-refractivity contribution >= 4 is 0 Å². The fraction of sp³-hybridized carbons (Fsp3) is 0.257. The Balaban J connectivity index is 1.35. The lowest BCUT2D eigenvalue weighted by Crippen LogP contribution is -2.25. The Labute approximate surface area is 254 Å². The van der Waals surface area contributed by atoms with E-state index >= 15 is 8.78 Å². The number of rotatable bonds is 9. The third-order valence-corrected chi connectivity index (χ3v) is 8.22. The molecule has 4 aromatic carbocycles. The molecule has 0 aromatic heterocycles. The quantitative estimate of drug-likeness (QED) is 0.101. The SMILES string of the molecule is C=CCCC1CCC(c2ccc(-c3ccc(-c4cc(F)c(C(F)(F)Oc5cc(F)c(F)c(F)c5)c(F)c4)c(F)c3)c(F)c2)CC1. The zero-order valence-corrected chi connectivity index (χ0v) is 23.8. The molecule has 4 aromatic rings. The minimum atomic E-state index is -4.79. The molecule has 1 nitrogen and oxygen atoms in total. The molecule has 1 saturated carbocycles. The maximum Gasteiger partial charge on any atom is 0.432 e. The van der Waals surface area contributed by atoms with Gasteiger partial charge in [-0.05, 0) is 91.3 Å². The highest BCUT2D eigenvalue weighted by molar-refractivity contribution is 5.72. The minimum absolute atomic E-state index is 0.0840. The van der Waals surface area contributed by atoms with E-state index < -0.39 is 63.7 Å². The molecule has 45 heavy (non-hydrogen) atoms. The topological polar surface area (TPSA) is 9.23 Å². The van der Waals surface area contributed by atoms with Crippen LogP contribution in [0.25, 0.3) is 22.3 Å². The Morgan fingerprint density at radius 2 is 1.22 bits per heavy atom. The molecule has 0 saturated heterocycles. The van der Waals surface area contributed by atoms with Crippen molar-refractivity contribution in [2.45, 2.75) is 50.6 Å². The van der Waals surface area contributed by atoms with Gasteiger partial charge in [0.15, 0.2) is 17.5 Å². The van der Waals surface area contributed by atoms with Crippen LogP contribution in [0, 0.1) is 46.6 Å². The summed E-state index contributed by atoms with van der Waals surface area (Å²) in [6, 6.07) is 9.27. The van der Waals surface area contributed by atoms with Crippen molar-refractivity contribution in [3.8, 4) is 28.0 Å². The normalized spacial score (nSPS) is 16.9. The lowest BCUT2D eigenvalue weighted by atomic mass is 9.77. The highest BCUT2D eigenvalue weighted by atomic mass is 19.3. The van der Waals surface area contributed by atoms with Crippen molar-refractivity contribution in [2.24, 2.45) is 5.92 Å². The number of hydrogen-bond donors (Lipinski definition) is 0. The van der Waals surface area contributed by atoms with Crippen LogP contribution in [0.15, 0.2) is 73.3 Å². The van der Waals surface area contributed by atoms with Crippen LogP contribution in [-0.4, -0.2) is 0 Å². The first-order valence-corrected chi connectivity index (χ1v) is 14.3. The van der Waals surface area contributed by atoms with Crippen molar-refractivity contribution in [1.29, 1.82) is 0 Å². The summed E-state index contributed by atoms with van der Waals surface area (Å²) >= 11 is 0. The summed E-state index contributed by atoms with van der Waals surface area (Å²) in [5.41, 5.74) is -1.60. The lowest BCUT2D eigenvalue weighted by molar-refractivity contribution is -0.189. The number of allylic oxidation sites excluding steroid dienone is 1. The van der Waals surface area contributed by atoms with E-state index in [4.69, 9.17) is 0 Å². The summed E-state index contributed by atoms with van der Waals surface area (Å²) in [6.45, 7) is 3.76. The first kappa shape index (κ1) is 32.2. The van der Waals surface area contributed by atoms with Gasteiger partial charge < -0.3 is 4.74 Å². The average molecular weight is 635 g/mol. The monoisotopic (exact) mass is 634 g/mol. The van der Waals surface area contributed by atoms with Gasteiger partial charge in [0, 0.05) is 23.3 Å². The predicted octanol–water partition coefficient (Wildman–Crippen LogP) is 11.4. The second-order valence-electron chi connectivity index (χ2n) is 11.2. The van der Waals surface area contributed by atoms with Crippen LogP contribution in [0.5, 0.6) is 5.75 Å². The van der Waals surface area contributed by atoms with Crippen LogP contribution in [-0.2, 0) is 6.11 Å². The molecule has 0 radical (unpaired) electrons. The Hall–Kier alpha value is -4.21. The van der Waals surface area contributed by atoms with Crippen molar-refractivity contribution in [2.75, 3.05) is 0 Å². The van der Waals surface area contributed by atoms with Crippen molar-refractivity contribution in [1.82, 2.24) is 0 Å². The highest BCUT2D eigenvalue weighted by Gasteiger charge is 2.41. The molecule has 0 N–H and O–H groups in total. The molecular weight excluding hydrogens is 607 g/mol. The summed E-state index contributed by atoms with van der Waals surface area (Å²) in [5.74, 6) is -11.3. The predicted molar refractivity (Wildman–Crippen MR) is 152 cm³/mol. The average Bonchev–Trinajstić information content (AvgIpc) is 2.98. The number of alkyl halides is 2. The lowest BCUT2D eigenvalue weighted by Gasteiger charge is -2.28. The largest absolute Gasteiger partial charge is 0.432 e. The van der Waals surface area contributed by atoms with E-state index in [1.165, 1.54) is 12.1 Å². The second kappa shape index (κ2) is 13.0. The zero-order chi connectivity index (χ0) is 32.5. The highest BCUT2D eigenvalue weighted by Crippen LogP contribution is 2.40. The van der Waals surface area contributed by atoms with E-state index in [1.807, 2.05) is 6.08 Å².